The lowest BCUT2D eigenvalue weighted by Gasteiger charge is -2.24. The summed E-state index contributed by atoms with van der Waals surface area (Å²) in [6, 6.07) is 5.02. The second-order valence-electron chi connectivity index (χ2n) is 4.78. The van der Waals surface area contributed by atoms with Gasteiger partial charge in [0.25, 0.3) is 0 Å². The van der Waals surface area contributed by atoms with Crippen LogP contribution in [0.5, 0.6) is 0 Å². The van der Waals surface area contributed by atoms with Crippen molar-refractivity contribution in [1.82, 2.24) is 4.90 Å². The summed E-state index contributed by atoms with van der Waals surface area (Å²) < 4.78 is 13.5. The molecule has 1 N–H and O–H groups in total. The first-order chi connectivity index (χ1) is 9.42. The third-order valence-electron chi connectivity index (χ3n) is 2.99. The highest BCUT2D eigenvalue weighted by molar-refractivity contribution is 7.98. The van der Waals surface area contributed by atoms with Crippen molar-refractivity contribution in [1.29, 1.82) is 0 Å². The summed E-state index contributed by atoms with van der Waals surface area (Å²) in [5, 5.41) is 8.60. The number of benzene rings is 1. The molecule has 0 aromatic heterocycles. The molecule has 1 aromatic carbocycles. The summed E-state index contributed by atoms with van der Waals surface area (Å²) >= 11 is 1.77. The molecular weight excluding hydrogens is 277 g/mol. The van der Waals surface area contributed by atoms with Gasteiger partial charge in [0.1, 0.15) is 5.82 Å². The zero-order chi connectivity index (χ0) is 15.1. The van der Waals surface area contributed by atoms with E-state index in [-0.39, 0.29) is 5.82 Å². The van der Waals surface area contributed by atoms with Gasteiger partial charge in [-0.25, -0.2) is 9.18 Å². The molecule has 0 amide bonds. The molecule has 20 heavy (non-hydrogen) atoms. The maximum absolute atomic E-state index is 13.5. The van der Waals surface area contributed by atoms with Gasteiger partial charge in [-0.05, 0) is 49.6 Å². The fourth-order valence-electron chi connectivity index (χ4n) is 1.84. The van der Waals surface area contributed by atoms with Crippen LogP contribution in [0.15, 0.2) is 24.3 Å². The smallest absolute Gasteiger partial charge is 0.328 e. The van der Waals surface area contributed by atoms with Gasteiger partial charge in [-0.3, -0.25) is 4.90 Å². The van der Waals surface area contributed by atoms with Crippen molar-refractivity contribution >= 4 is 23.8 Å². The van der Waals surface area contributed by atoms with Gasteiger partial charge in [-0.2, -0.15) is 11.8 Å². The highest BCUT2D eigenvalue weighted by atomic mass is 32.2. The number of carboxylic acid groups (broad SMARTS) is 1. The van der Waals surface area contributed by atoms with Crippen LogP contribution in [0, 0.1) is 5.82 Å². The molecule has 1 rings (SSSR count). The lowest BCUT2D eigenvalue weighted by molar-refractivity contribution is -0.131. The summed E-state index contributed by atoms with van der Waals surface area (Å²) in [5.74, 6) is -0.377. The standard InChI is InChI=1S/C15H20FNO2S/c1-11(10-20-3)17(2)9-13-6-12(4-5-15(18)19)7-14(16)8-13/h4-8,11H,9-10H2,1-3H3,(H,18,19)/b5-4+. The van der Waals surface area contributed by atoms with Crippen LogP contribution in [0.4, 0.5) is 4.39 Å². The Bertz CT molecular complexity index is 491. The molecule has 0 spiro atoms. The molecular formula is C15H20FNO2S. The molecule has 1 unspecified atom stereocenters. The van der Waals surface area contributed by atoms with Crippen LogP contribution >= 0.6 is 11.8 Å². The first kappa shape index (κ1) is 16.7. The molecule has 0 heterocycles. The SMILES string of the molecule is CSCC(C)N(C)Cc1cc(F)cc(/C=C/C(=O)O)c1. The largest absolute Gasteiger partial charge is 0.478 e. The summed E-state index contributed by atoms with van der Waals surface area (Å²) in [5.41, 5.74) is 1.40. The van der Waals surface area contributed by atoms with Gasteiger partial charge >= 0.3 is 5.97 Å². The first-order valence-corrected chi connectivity index (χ1v) is 7.71. The summed E-state index contributed by atoms with van der Waals surface area (Å²) in [7, 11) is 2.00. The molecule has 0 saturated carbocycles. The Hall–Kier alpha value is -1.33. The van der Waals surface area contributed by atoms with E-state index in [1.54, 1.807) is 11.8 Å². The van der Waals surface area contributed by atoms with E-state index in [1.165, 1.54) is 18.2 Å². The van der Waals surface area contributed by atoms with E-state index in [9.17, 15) is 9.18 Å². The lowest BCUT2D eigenvalue weighted by Crippen LogP contribution is -2.30. The maximum Gasteiger partial charge on any atom is 0.328 e. The number of carboxylic acids is 1. The highest BCUT2D eigenvalue weighted by Gasteiger charge is 2.10. The molecule has 0 radical (unpaired) electrons. The number of hydrogen-bond acceptors (Lipinski definition) is 3. The van der Waals surface area contributed by atoms with Gasteiger partial charge in [0.05, 0.1) is 0 Å². The monoisotopic (exact) mass is 297 g/mol. The normalized spacial score (nSPS) is 13.1. The summed E-state index contributed by atoms with van der Waals surface area (Å²) in [6.45, 7) is 2.76. The van der Waals surface area contributed by atoms with Crippen LogP contribution in [0.25, 0.3) is 6.08 Å². The zero-order valence-electron chi connectivity index (χ0n) is 12.0. The molecule has 0 aliphatic heterocycles. The number of rotatable bonds is 7. The average Bonchev–Trinajstić information content (AvgIpc) is 2.36. The second-order valence-corrected chi connectivity index (χ2v) is 5.69. The Morgan fingerprint density at radius 3 is 2.80 bits per heavy atom. The molecule has 110 valence electrons. The van der Waals surface area contributed by atoms with Gasteiger partial charge in [0, 0.05) is 24.4 Å². The number of aliphatic carboxylic acids is 1. The fourth-order valence-corrected chi connectivity index (χ4v) is 2.58. The average molecular weight is 297 g/mol. The molecule has 0 aliphatic carbocycles. The van der Waals surface area contributed by atoms with Crippen LogP contribution < -0.4 is 0 Å². The molecule has 3 nitrogen and oxygen atoms in total. The number of nitrogens with zero attached hydrogens (tertiary/aromatic N) is 1. The highest BCUT2D eigenvalue weighted by Crippen LogP contribution is 2.14. The third-order valence-corrected chi connectivity index (χ3v) is 3.81. The second kappa shape index (κ2) is 8.07. The summed E-state index contributed by atoms with van der Waals surface area (Å²) in [6.07, 6.45) is 4.47. The zero-order valence-corrected chi connectivity index (χ0v) is 12.8. The Morgan fingerprint density at radius 2 is 2.20 bits per heavy atom. The van der Waals surface area contributed by atoms with Crippen molar-refractivity contribution in [2.45, 2.75) is 19.5 Å². The van der Waals surface area contributed by atoms with Gasteiger partial charge in [-0.15, -0.1) is 0 Å². The molecule has 0 saturated heterocycles. The van der Waals surface area contributed by atoms with E-state index >= 15 is 0 Å². The fraction of sp³-hybridized carbons (Fsp3) is 0.400. The van der Waals surface area contributed by atoms with Crippen LogP contribution in [0.1, 0.15) is 18.1 Å². The summed E-state index contributed by atoms with van der Waals surface area (Å²) in [4.78, 5) is 12.6. The Balaban J connectivity index is 2.82. The minimum atomic E-state index is -1.04. The van der Waals surface area contributed by atoms with E-state index < -0.39 is 5.97 Å². The predicted molar refractivity (Wildman–Crippen MR) is 82.4 cm³/mol. The molecule has 0 bridgehead atoms. The Morgan fingerprint density at radius 1 is 1.50 bits per heavy atom. The van der Waals surface area contributed by atoms with Crippen molar-refractivity contribution in [3.63, 3.8) is 0 Å². The molecule has 5 heteroatoms. The lowest BCUT2D eigenvalue weighted by atomic mass is 10.1. The maximum atomic E-state index is 13.5. The number of halogens is 1. The van der Waals surface area contributed by atoms with Crippen molar-refractivity contribution in [2.75, 3.05) is 19.1 Å². The first-order valence-electron chi connectivity index (χ1n) is 6.32. The number of thioether (sulfide) groups is 1. The van der Waals surface area contributed by atoms with Crippen molar-refractivity contribution in [3.8, 4) is 0 Å². The number of carbonyl (C=O) groups is 1. The van der Waals surface area contributed by atoms with Gasteiger partial charge in [-0.1, -0.05) is 6.07 Å². The van der Waals surface area contributed by atoms with Crippen LogP contribution in [-0.4, -0.2) is 41.1 Å². The van der Waals surface area contributed by atoms with Crippen LogP contribution in [0.3, 0.4) is 0 Å². The van der Waals surface area contributed by atoms with Crippen molar-refractivity contribution in [3.05, 3.63) is 41.2 Å². The van der Waals surface area contributed by atoms with E-state index in [1.807, 2.05) is 13.1 Å². The quantitative estimate of drug-likeness (QED) is 0.785. The predicted octanol–water partition coefficient (Wildman–Crippen LogP) is 3.11. The molecule has 0 aliphatic rings. The number of hydrogen-bond donors (Lipinski definition) is 1. The van der Waals surface area contributed by atoms with E-state index in [4.69, 9.17) is 5.11 Å². The van der Waals surface area contributed by atoms with E-state index in [2.05, 4.69) is 18.1 Å². The Labute approximate surface area is 123 Å². The van der Waals surface area contributed by atoms with Crippen molar-refractivity contribution in [2.24, 2.45) is 0 Å². The molecule has 0 fully saturated rings. The van der Waals surface area contributed by atoms with Crippen molar-refractivity contribution < 1.29 is 14.3 Å². The van der Waals surface area contributed by atoms with Gasteiger partial charge in [0.2, 0.25) is 0 Å². The third kappa shape index (κ3) is 5.75. The Kier molecular flexibility index (Phi) is 6.75. The van der Waals surface area contributed by atoms with Gasteiger partial charge in [0.15, 0.2) is 0 Å². The topological polar surface area (TPSA) is 40.5 Å². The minimum Gasteiger partial charge on any atom is -0.478 e. The van der Waals surface area contributed by atoms with Gasteiger partial charge < -0.3 is 5.11 Å². The van der Waals surface area contributed by atoms with E-state index in [0.717, 1.165) is 17.4 Å². The minimum absolute atomic E-state index is 0.349. The molecule has 1 atom stereocenters. The van der Waals surface area contributed by atoms with Crippen LogP contribution in [-0.2, 0) is 11.3 Å². The van der Waals surface area contributed by atoms with Crippen LogP contribution in [0.2, 0.25) is 0 Å². The molecule has 1 aromatic rings. The van der Waals surface area contributed by atoms with E-state index in [0.29, 0.717) is 18.2 Å².